The van der Waals surface area contributed by atoms with E-state index in [4.69, 9.17) is 9.47 Å². The molecule has 0 aliphatic heterocycles. The zero-order chi connectivity index (χ0) is 15.9. The van der Waals surface area contributed by atoms with E-state index in [2.05, 4.69) is 5.32 Å². The van der Waals surface area contributed by atoms with Crippen LogP contribution in [0.3, 0.4) is 0 Å². The summed E-state index contributed by atoms with van der Waals surface area (Å²) in [6.07, 6.45) is 0. The number of hydrogen-bond acceptors (Lipinski definition) is 3. The van der Waals surface area contributed by atoms with Gasteiger partial charge in [-0.25, -0.2) is 0 Å². The molecule has 0 spiro atoms. The first kappa shape index (κ1) is 15.9. The van der Waals surface area contributed by atoms with Gasteiger partial charge in [-0.1, -0.05) is 35.9 Å². The highest BCUT2D eigenvalue weighted by Gasteiger charge is 2.07. The lowest BCUT2D eigenvalue weighted by molar-refractivity contribution is -0.123. The highest BCUT2D eigenvalue weighted by atomic mass is 16.5. The first-order valence-electron chi connectivity index (χ1n) is 7.18. The van der Waals surface area contributed by atoms with Crippen molar-refractivity contribution < 1.29 is 14.3 Å². The zero-order valence-corrected chi connectivity index (χ0v) is 13.2. The van der Waals surface area contributed by atoms with Crippen LogP contribution >= 0.6 is 0 Å². The normalized spacial score (nSPS) is 10.1. The van der Waals surface area contributed by atoms with Crippen molar-refractivity contribution in [1.82, 2.24) is 5.32 Å². The second-order valence-electron chi connectivity index (χ2n) is 5.21. The summed E-state index contributed by atoms with van der Waals surface area (Å²) < 4.78 is 10.8. The topological polar surface area (TPSA) is 47.6 Å². The van der Waals surface area contributed by atoms with Gasteiger partial charge in [-0.3, -0.25) is 4.79 Å². The maximum Gasteiger partial charge on any atom is 0.258 e. The van der Waals surface area contributed by atoms with Crippen LogP contribution in [0.4, 0.5) is 0 Å². The molecule has 0 heterocycles. The Morgan fingerprint density at radius 1 is 1.05 bits per heavy atom. The summed E-state index contributed by atoms with van der Waals surface area (Å²) in [4.78, 5) is 11.9. The molecule has 0 atom stereocenters. The average molecular weight is 299 g/mol. The van der Waals surface area contributed by atoms with Crippen LogP contribution in [0.2, 0.25) is 0 Å². The van der Waals surface area contributed by atoms with Gasteiger partial charge in [0, 0.05) is 6.54 Å². The third-order valence-electron chi connectivity index (χ3n) is 3.25. The molecule has 2 aromatic rings. The minimum atomic E-state index is -0.163. The van der Waals surface area contributed by atoms with Crippen LogP contribution in [0.25, 0.3) is 0 Å². The number of rotatable bonds is 6. The van der Waals surface area contributed by atoms with Crippen LogP contribution in [0.1, 0.15) is 16.7 Å². The van der Waals surface area contributed by atoms with E-state index in [1.807, 2.05) is 56.3 Å². The van der Waals surface area contributed by atoms with E-state index < -0.39 is 0 Å². The molecule has 0 aliphatic rings. The van der Waals surface area contributed by atoms with Crippen molar-refractivity contribution in [2.45, 2.75) is 20.4 Å². The Morgan fingerprint density at radius 2 is 1.82 bits per heavy atom. The third kappa shape index (κ3) is 4.52. The van der Waals surface area contributed by atoms with Crippen molar-refractivity contribution in [2.24, 2.45) is 0 Å². The van der Waals surface area contributed by atoms with Gasteiger partial charge in [-0.05, 0) is 37.1 Å². The molecule has 116 valence electrons. The first-order valence-corrected chi connectivity index (χ1v) is 7.18. The summed E-state index contributed by atoms with van der Waals surface area (Å²) in [5, 5.41) is 2.84. The lowest BCUT2D eigenvalue weighted by Crippen LogP contribution is -2.28. The van der Waals surface area contributed by atoms with E-state index in [-0.39, 0.29) is 12.5 Å². The molecule has 0 unspecified atom stereocenters. The summed E-state index contributed by atoms with van der Waals surface area (Å²) in [7, 11) is 1.58. The quantitative estimate of drug-likeness (QED) is 0.892. The number of nitrogens with one attached hydrogen (secondary N) is 1. The second kappa shape index (κ2) is 7.50. The van der Waals surface area contributed by atoms with Crippen molar-refractivity contribution in [3.05, 3.63) is 59.2 Å². The molecule has 0 fully saturated rings. The number of aryl methyl sites for hydroxylation is 2. The van der Waals surface area contributed by atoms with Gasteiger partial charge in [0.15, 0.2) is 18.1 Å². The predicted octanol–water partition coefficient (Wildman–Crippen LogP) is 3.01. The highest BCUT2D eigenvalue weighted by Crippen LogP contribution is 2.27. The maximum absolute atomic E-state index is 11.9. The van der Waals surface area contributed by atoms with Crippen LogP contribution in [0, 0.1) is 13.8 Å². The van der Waals surface area contributed by atoms with Crippen LogP contribution in [-0.2, 0) is 11.3 Å². The summed E-state index contributed by atoms with van der Waals surface area (Å²) >= 11 is 0. The highest BCUT2D eigenvalue weighted by molar-refractivity contribution is 5.77. The number of ether oxygens (including phenoxy) is 2. The first-order chi connectivity index (χ1) is 10.6. The van der Waals surface area contributed by atoms with E-state index in [1.165, 1.54) is 5.56 Å². The van der Waals surface area contributed by atoms with Crippen LogP contribution in [0.5, 0.6) is 11.5 Å². The molecule has 22 heavy (non-hydrogen) atoms. The van der Waals surface area contributed by atoms with E-state index in [0.717, 1.165) is 11.1 Å². The molecule has 2 aromatic carbocycles. The standard InChI is InChI=1S/C18H21NO3/c1-13-5-4-6-15(9-13)11-19-18(20)12-22-16-8-7-14(2)10-17(16)21-3/h4-10H,11-12H2,1-3H3,(H,19,20). The summed E-state index contributed by atoms with van der Waals surface area (Å²) in [5.41, 5.74) is 3.32. The molecule has 2 rings (SSSR count). The SMILES string of the molecule is COc1cc(C)ccc1OCC(=O)NCc1cccc(C)c1. The fourth-order valence-electron chi connectivity index (χ4n) is 2.11. The van der Waals surface area contributed by atoms with Gasteiger partial charge in [0.25, 0.3) is 5.91 Å². The van der Waals surface area contributed by atoms with E-state index >= 15 is 0 Å². The predicted molar refractivity (Wildman–Crippen MR) is 86.3 cm³/mol. The molecule has 0 saturated heterocycles. The molecule has 4 nitrogen and oxygen atoms in total. The van der Waals surface area contributed by atoms with E-state index in [9.17, 15) is 4.79 Å². The molecule has 0 saturated carbocycles. The number of amides is 1. The van der Waals surface area contributed by atoms with Gasteiger partial charge in [0.05, 0.1) is 7.11 Å². The van der Waals surface area contributed by atoms with Crippen LogP contribution in [0.15, 0.2) is 42.5 Å². The van der Waals surface area contributed by atoms with E-state index in [0.29, 0.717) is 18.0 Å². The van der Waals surface area contributed by atoms with Gasteiger partial charge in [-0.15, -0.1) is 0 Å². The molecule has 1 N–H and O–H groups in total. The fraction of sp³-hybridized carbons (Fsp3) is 0.278. The summed E-state index contributed by atoms with van der Waals surface area (Å²) in [6, 6.07) is 13.6. The summed E-state index contributed by atoms with van der Waals surface area (Å²) in [6.45, 7) is 4.46. The lowest BCUT2D eigenvalue weighted by Gasteiger charge is -2.11. The maximum atomic E-state index is 11.9. The van der Waals surface area contributed by atoms with Gasteiger partial charge >= 0.3 is 0 Å². The van der Waals surface area contributed by atoms with Crippen molar-refractivity contribution in [2.75, 3.05) is 13.7 Å². The Bertz CT molecular complexity index is 653. The van der Waals surface area contributed by atoms with Crippen molar-refractivity contribution >= 4 is 5.91 Å². The van der Waals surface area contributed by atoms with Gasteiger partial charge in [-0.2, -0.15) is 0 Å². The molecule has 0 aromatic heterocycles. The Kier molecular flexibility index (Phi) is 5.42. The molecule has 0 aliphatic carbocycles. The minimum Gasteiger partial charge on any atom is -0.493 e. The van der Waals surface area contributed by atoms with Crippen molar-refractivity contribution in [3.63, 3.8) is 0 Å². The molecule has 0 radical (unpaired) electrons. The number of carbonyl (C=O) groups is 1. The molecule has 0 bridgehead atoms. The largest absolute Gasteiger partial charge is 0.493 e. The Labute approximate surface area is 131 Å². The van der Waals surface area contributed by atoms with Crippen molar-refractivity contribution in [1.29, 1.82) is 0 Å². The van der Waals surface area contributed by atoms with Gasteiger partial charge in [0.1, 0.15) is 0 Å². The molecule has 4 heteroatoms. The molecular formula is C18H21NO3. The second-order valence-corrected chi connectivity index (χ2v) is 5.21. The third-order valence-corrected chi connectivity index (χ3v) is 3.25. The zero-order valence-electron chi connectivity index (χ0n) is 13.2. The minimum absolute atomic E-state index is 0.0365. The van der Waals surface area contributed by atoms with Gasteiger partial charge in [0.2, 0.25) is 0 Å². The van der Waals surface area contributed by atoms with Gasteiger partial charge < -0.3 is 14.8 Å². The van der Waals surface area contributed by atoms with Crippen molar-refractivity contribution in [3.8, 4) is 11.5 Å². The van der Waals surface area contributed by atoms with Crippen LogP contribution < -0.4 is 14.8 Å². The number of hydrogen-bond donors (Lipinski definition) is 1. The fourth-order valence-corrected chi connectivity index (χ4v) is 2.11. The molecular weight excluding hydrogens is 278 g/mol. The molecule has 1 amide bonds. The number of benzene rings is 2. The number of carbonyl (C=O) groups excluding carboxylic acids is 1. The van der Waals surface area contributed by atoms with Crippen LogP contribution in [-0.4, -0.2) is 19.6 Å². The summed E-state index contributed by atoms with van der Waals surface area (Å²) in [5.74, 6) is 1.04. The lowest BCUT2D eigenvalue weighted by atomic mass is 10.1. The smallest absolute Gasteiger partial charge is 0.258 e. The Morgan fingerprint density at radius 3 is 2.55 bits per heavy atom. The number of methoxy groups -OCH3 is 1. The monoisotopic (exact) mass is 299 g/mol. The van der Waals surface area contributed by atoms with E-state index in [1.54, 1.807) is 7.11 Å². The Balaban J connectivity index is 1.85. The average Bonchev–Trinajstić information content (AvgIpc) is 2.51. The Hall–Kier alpha value is -2.49.